The lowest BCUT2D eigenvalue weighted by Gasteiger charge is -2.05. The standard InChI is InChI=1S/C10H13N5S/c1-7(11)8-3-5-9(6-4-8)16-10-12-13-14-15(10)2/h3-7H,11H2,1-2H3. The van der Waals surface area contributed by atoms with Gasteiger partial charge in [-0.1, -0.05) is 12.1 Å². The van der Waals surface area contributed by atoms with Crippen molar-refractivity contribution < 1.29 is 0 Å². The van der Waals surface area contributed by atoms with Crippen molar-refractivity contribution in [2.45, 2.75) is 23.0 Å². The summed E-state index contributed by atoms with van der Waals surface area (Å²) in [6, 6.07) is 8.17. The van der Waals surface area contributed by atoms with Crippen LogP contribution in [0.1, 0.15) is 18.5 Å². The van der Waals surface area contributed by atoms with Gasteiger partial charge in [0.2, 0.25) is 5.16 Å². The van der Waals surface area contributed by atoms with Gasteiger partial charge in [0.05, 0.1) is 0 Å². The summed E-state index contributed by atoms with van der Waals surface area (Å²) in [7, 11) is 1.82. The Morgan fingerprint density at radius 2 is 2.00 bits per heavy atom. The van der Waals surface area contributed by atoms with E-state index in [9.17, 15) is 0 Å². The van der Waals surface area contributed by atoms with Crippen LogP contribution in [0.5, 0.6) is 0 Å². The molecule has 0 aliphatic carbocycles. The summed E-state index contributed by atoms with van der Waals surface area (Å²) in [6.45, 7) is 1.97. The molecule has 5 nitrogen and oxygen atoms in total. The molecule has 1 heterocycles. The van der Waals surface area contributed by atoms with Crippen molar-refractivity contribution in [2.75, 3.05) is 0 Å². The fourth-order valence-electron chi connectivity index (χ4n) is 1.25. The highest BCUT2D eigenvalue weighted by atomic mass is 32.2. The van der Waals surface area contributed by atoms with Crippen LogP contribution in [-0.4, -0.2) is 20.2 Å². The third-order valence-corrected chi connectivity index (χ3v) is 3.23. The molecule has 0 amide bonds. The molecule has 1 atom stereocenters. The Morgan fingerprint density at radius 3 is 2.50 bits per heavy atom. The van der Waals surface area contributed by atoms with E-state index in [0.717, 1.165) is 15.6 Å². The lowest BCUT2D eigenvalue weighted by atomic mass is 10.1. The summed E-state index contributed by atoms with van der Waals surface area (Å²) in [4.78, 5) is 1.10. The summed E-state index contributed by atoms with van der Waals surface area (Å²) in [5.74, 6) is 0. The average Bonchev–Trinajstić information content (AvgIpc) is 2.65. The van der Waals surface area contributed by atoms with Gasteiger partial charge in [0.1, 0.15) is 0 Å². The highest BCUT2D eigenvalue weighted by Crippen LogP contribution is 2.25. The van der Waals surface area contributed by atoms with Crippen LogP contribution in [0, 0.1) is 0 Å². The van der Waals surface area contributed by atoms with Crippen LogP contribution in [0.25, 0.3) is 0 Å². The van der Waals surface area contributed by atoms with Gasteiger partial charge < -0.3 is 5.73 Å². The molecular weight excluding hydrogens is 222 g/mol. The minimum atomic E-state index is 0.0653. The zero-order valence-electron chi connectivity index (χ0n) is 9.16. The molecule has 0 saturated heterocycles. The molecule has 1 unspecified atom stereocenters. The molecule has 0 radical (unpaired) electrons. The van der Waals surface area contributed by atoms with E-state index in [1.54, 1.807) is 4.68 Å². The Hall–Kier alpha value is -1.40. The normalized spacial score (nSPS) is 12.7. The predicted octanol–water partition coefficient (Wildman–Crippen LogP) is 1.38. The van der Waals surface area contributed by atoms with Crippen molar-refractivity contribution in [1.29, 1.82) is 0 Å². The second-order valence-electron chi connectivity index (χ2n) is 3.54. The van der Waals surface area contributed by atoms with Gasteiger partial charge in [-0.3, -0.25) is 0 Å². The maximum Gasteiger partial charge on any atom is 0.213 e. The lowest BCUT2D eigenvalue weighted by molar-refractivity contribution is 0.664. The molecule has 2 N–H and O–H groups in total. The van der Waals surface area contributed by atoms with Crippen molar-refractivity contribution >= 4 is 11.8 Å². The number of rotatable bonds is 3. The van der Waals surface area contributed by atoms with Crippen LogP contribution in [0.2, 0.25) is 0 Å². The topological polar surface area (TPSA) is 69.6 Å². The molecule has 0 fully saturated rings. The Labute approximate surface area is 98.0 Å². The van der Waals surface area contributed by atoms with E-state index in [4.69, 9.17) is 5.73 Å². The van der Waals surface area contributed by atoms with Crippen LogP contribution in [0.4, 0.5) is 0 Å². The van der Waals surface area contributed by atoms with Crippen LogP contribution in [-0.2, 0) is 7.05 Å². The number of benzene rings is 1. The summed E-state index contributed by atoms with van der Waals surface area (Å²) < 4.78 is 1.64. The molecule has 2 aromatic rings. The zero-order valence-corrected chi connectivity index (χ0v) is 9.98. The summed E-state index contributed by atoms with van der Waals surface area (Å²) in [6.07, 6.45) is 0. The second-order valence-corrected chi connectivity index (χ2v) is 4.59. The zero-order chi connectivity index (χ0) is 11.5. The van der Waals surface area contributed by atoms with E-state index in [1.165, 1.54) is 11.8 Å². The van der Waals surface area contributed by atoms with E-state index in [-0.39, 0.29) is 6.04 Å². The van der Waals surface area contributed by atoms with Crippen LogP contribution < -0.4 is 5.73 Å². The number of aromatic nitrogens is 4. The molecule has 1 aromatic heterocycles. The predicted molar refractivity (Wildman–Crippen MR) is 62.0 cm³/mol. The van der Waals surface area contributed by atoms with Gasteiger partial charge in [0.15, 0.2) is 0 Å². The average molecular weight is 235 g/mol. The summed E-state index contributed by atoms with van der Waals surface area (Å²) in [5, 5.41) is 12.0. The Balaban J connectivity index is 2.14. The molecule has 6 heteroatoms. The Kier molecular flexibility index (Phi) is 3.21. The molecule has 2 rings (SSSR count). The van der Waals surface area contributed by atoms with Gasteiger partial charge >= 0.3 is 0 Å². The van der Waals surface area contributed by atoms with E-state index in [0.29, 0.717) is 0 Å². The highest BCUT2D eigenvalue weighted by Gasteiger charge is 2.05. The molecule has 1 aromatic carbocycles. The monoisotopic (exact) mass is 235 g/mol. The van der Waals surface area contributed by atoms with E-state index >= 15 is 0 Å². The van der Waals surface area contributed by atoms with E-state index < -0.39 is 0 Å². The second kappa shape index (κ2) is 4.63. The largest absolute Gasteiger partial charge is 0.324 e. The first kappa shape index (κ1) is 11.1. The molecule has 0 spiro atoms. The fourth-order valence-corrected chi connectivity index (χ4v) is 1.98. The van der Waals surface area contributed by atoms with Crippen molar-refractivity contribution in [2.24, 2.45) is 12.8 Å². The maximum absolute atomic E-state index is 5.78. The summed E-state index contributed by atoms with van der Waals surface area (Å²) >= 11 is 1.53. The molecule has 84 valence electrons. The van der Waals surface area contributed by atoms with Gasteiger partial charge in [0, 0.05) is 18.0 Å². The molecule has 0 aliphatic heterocycles. The van der Waals surface area contributed by atoms with Gasteiger partial charge in [-0.05, 0) is 46.8 Å². The number of nitrogens with two attached hydrogens (primary N) is 1. The van der Waals surface area contributed by atoms with E-state index in [1.807, 2.05) is 38.2 Å². The lowest BCUT2D eigenvalue weighted by Crippen LogP contribution is -2.04. The number of hydrogen-bond acceptors (Lipinski definition) is 5. The maximum atomic E-state index is 5.78. The Bertz CT molecular complexity index is 462. The molecule has 0 saturated carbocycles. The number of nitrogens with zero attached hydrogens (tertiary/aromatic N) is 4. The highest BCUT2D eigenvalue weighted by molar-refractivity contribution is 7.99. The summed E-state index contributed by atoms with van der Waals surface area (Å²) in [5.41, 5.74) is 6.91. The van der Waals surface area contributed by atoms with Crippen molar-refractivity contribution in [1.82, 2.24) is 20.2 Å². The van der Waals surface area contributed by atoms with Crippen LogP contribution in [0.15, 0.2) is 34.3 Å². The van der Waals surface area contributed by atoms with Crippen LogP contribution in [0.3, 0.4) is 0 Å². The van der Waals surface area contributed by atoms with Crippen LogP contribution >= 0.6 is 11.8 Å². The first-order valence-electron chi connectivity index (χ1n) is 4.92. The number of tetrazole rings is 1. The van der Waals surface area contributed by atoms with Crippen molar-refractivity contribution in [3.63, 3.8) is 0 Å². The Morgan fingerprint density at radius 1 is 1.31 bits per heavy atom. The fraction of sp³-hybridized carbons (Fsp3) is 0.300. The minimum absolute atomic E-state index is 0.0653. The SMILES string of the molecule is CC(N)c1ccc(Sc2nnnn2C)cc1. The first-order chi connectivity index (χ1) is 7.66. The minimum Gasteiger partial charge on any atom is -0.324 e. The molecule has 0 bridgehead atoms. The molecular formula is C10H13N5S. The van der Waals surface area contributed by atoms with Gasteiger partial charge in [-0.25, -0.2) is 4.68 Å². The van der Waals surface area contributed by atoms with Gasteiger partial charge in [0.25, 0.3) is 0 Å². The first-order valence-corrected chi connectivity index (χ1v) is 5.74. The third-order valence-electron chi connectivity index (χ3n) is 2.20. The van der Waals surface area contributed by atoms with Crippen molar-refractivity contribution in [3.05, 3.63) is 29.8 Å². The van der Waals surface area contributed by atoms with Gasteiger partial charge in [-0.15, -0.1) is 5.10 Å². The third kappa shape index (κ3) is 2.40. The number of hydrogen-bond donors (Lipinski definition) is 1. The quantitative estimate of drug-likeness (QED) is 0.870. The van der Waals surface area contributed by atoms with E-state index in [2.05, 4.69) is 15.5 Å². The van der Waals surface area contributed by atoms with Crippen molar-refractivity contribution in [3.8, 4) is 0 Å². The van der Waals surface area contributed by atoms with Gasteiger partial charge in [-0.2, -0.15) is 0 Å². The molecule has 0 aliphatic rings. The number of aryl methyl sites for hydroxylation is 1. The smallest absolute Gasteiger partial charge is 0.213 e. The molecule has 16 heavy (non-hydrogen) atoms.